The standard InChI is InChI=1S/C15H19N5O/c1-3-13(21)19-20-8-4-5-11(9-20)14-15-12(6-7-16-14)17-10(2)18-15/h3,6-7,11H,1,4-5,8-9H2,2H3,(H,17,18)(H,19,21). The van der Waals surface area contributed by atoms with Crippen molar-refractivity contribution in [2.75, 3.05) is 13.1 Å². The van der Waals surface area contributed by atoms with Gasteiger partial charge in [0.05, 0.1) is 11.2 Å². The fraction of sp³-hybridized carbons (Fsp3) is 0.400. The van der Waals surface area contributed by atoms with E-state index in [9.17, 15) is 4.79 Å². The summed E-state index contributed by atoms with van der Waals surface area (Å²) in [5.41, 5.74) is 5.81. The third kappa shape index (κ3) is 2.80. The number of hydrogen-bond donors (Lipinski definition) is 2. The summed E-state index contributed by atoms with van der Waals surface area (Å²) in [6, 6.07) is 1.94. The molecule has 1 unspecified atom stereocenters. The number of hydrazine groups is 1. The van der Waals surface area contributed by atoms with Gasteiger partial charge in [-0.3, -0.25) is 15.2 Å². The Morgan fingerprint density at radius 2 is 2.48 bits per heavy atom. The van der Waals surface area contributed by atoms with Crippen LogP contribution < -0.4 is 5.43 Å². The highest BCUT2D eigenvalue weighted by Crippen LogP contribution is 2.29. The van der Waals surface area contributed by atoms with Gasteiger partial charge in [0.25, 0.3) is 5.91 Å². The number of nitrogens with zero attached hydrogens (tertiary/aromatic N) is 3. The molecule has 2 aromatic rings. The summed E-state index contributed by atoms with van der Waals surface area (Å²) in [6.07, 6.45) is 5.18. The summed E-state index contributed by atoms with van der Waals surface area (Å²) >= 11 is 0. The molecular formula is C15H19N5O. The van der Waals surface area contributed by atoms with Crippen molar-refractivity contribution in [2.24, 2.45) is 0 Å². The molecule has 0 aliphatic carbocycles. The lowest BCUT2D eigenvalue weighted by molar-refractivity contribution is -0.121. The normalized spacial score (nSPS) is 19.6. The van der Waals surface area contributed by atoms with E-state index in [0.717, 1.165) is 48.5 Å². The predicted molar refractivity (Wildman–Crippen MR) is 80.5 cm³/mol. The van der Waals surface area contributed by atoms with Crippen LogP contribution in [0, 0.1) is 6.92 Å². The van der Waals surface area contributed by atoms with E-state index in [1.54, 1.807) is 0 Å². The number of piperidine rings is 1. The van der Waals surface area contributed by atoms with Crippen LogP contribution in [0.25, 0.3) is 11.0 Å². The summed E-state index contributed by atoms with van der Waals surface area (Å²) in [4.78, 5) is 23.8. The van der Waals surface area contributed by atoms with Crippen molar-refractivity contribution in [3.8, 4) is 0 Å². The van der Waals surface area contributed by atoms with Crippen molar-refractivity contribution < 1.29 is 4.79 Å². The largest absolute Gasteiger partial charge is 0.342 e. The highest BCUT2D eigenvalue weighted by molar-refractivity contribution is 5.86. The fourth-order valence-electron chi connectivity index (χ4n) is 2.88. The lowest BCUT2D eigenvalue weighted by Gasteiger charge is -2.32. The number of H-pyrrole nitrogens is 1. The fourth-order valence-corrected chi connectivity index (χ4v) is 2.88. The maximum Gasteiger partial charge on any atom is 0.257 e. The molecule has 1 aliphatic heterocycles. The number of pyridine rings is 1. The topological polar surface area (TPSA) is 73.9 Å². The van der Waals surface area contributed by atoms with Crippen molar-refractivity contribution in [3.05, 3.63) is 36.4 Å². The van der Waals surface area contributed by atoms with E-state index < -0.39 is 0 Å². The van der Waals surface area contributed by atoms with Crippen LogP contribution in [-0.4, -0.2) is 39.0 Å². The number of nitrogens with one attached hydrogen (secondary N) is 2. The lowest BCUT2D eigenvalue weighted by atomic mass is 9.94. The van der Waals surface area contributed by atoms with Crippen molar-refractivity contribution in [2.45, 2.75) is 25.7 Å². The monoisotopic (exact) mass is 285 g/mol. The number of rotatable bonds is 3. The quantitative estimate of drug-likeness (QED) is 0.841. The van der Waals surface area contributed by atoms with Crippen LogP contribution in [0.4, 0.5) is 0 Å². The molecule has 0 aromatic carbocycles. The van der Waals surface area contributed by atoms with Crippen LogP contribution in [-0.2, 0) is 4.79 Å². The second kappa shape index (κ2) is 5.65. The number of aromatic amines is 1. The Balaban J connectivity index is 1.84. The minimum Gasteiger partial charge on any atom is -0.342 e. The van der Waals surface area contributed by atoms with Gasteiger partial charge in [-0.1, -0.05) is 6.58 Å². The molecule has 6 heteroatoms. The summed E-state index contributed by atoms with van der Waals surface area (Å²) < 4.78 is 0. The van der Waals surface area contributed by atoms with E-state index in [1.807, 2.05) is 24.2 Å². The van der Waals surface area contributed by atoms with Gasteiger partial charge in [0, 0.05) is 25.2 Å². The van der Waals surface area contributed by atoms with Crippen LogP contribution in [0.5, 0.6) is 0 Å². The Kier molecular flexibility index (Phi) is 3.70. The van der Waals surface area contributed by atoms with Crippen molar-refractivity contribution in [1.29, 1.82) is 0 Å². The van der Waals surface area contributed by atoms with Crippen molar-refractivity contribution in [3.63, 3.8) is 0 Å². The summed E-state index contributed by atoms with van der Waals surface area (Å²) in [5.74, 6) is 1.000. The van der Waals surface area contributed by atoms with E-state index in [1.165, 1.54) is 6.08 Å². The molecule has 0 saturated carbocycles. The number of amides is 1. The predicted octanol–water partition coefficient (Wildman–Crippen LogP) is 1.66. The SMILES string of the molecule is C=CC(=O)NN1CCCC(c2nccc3[nH]c(C)nc23)C1. The van der Waals surface area contributed by atoms with E-state index in [0.29, 0.717) is 0 Å². The van der Waals surface area contributed by atoms with E-state index in [2.05, 4.69) is 27.0 Å². The number of carbonyl (C=O) groups is 1. The minimum atomic E-state index is -0.169. The van der Waals surface area contributed by atoms with Gasteiger partial charge in [-0.25, -0.2) is 9.99 Å². The van der Waals surface area contributed by atoms with Crippen LogP contribution in [0.1, 0.15) is 30.3 Å². The molecule has 21 heavy (non-hydrogen) atoms. The van der Waals surface area contributed by atoms with Gasteiger partial charge < -0.3 is 4.98 Å². The van der Waals surface area contributed by atoms with Crippen molar-refractivity contribution in [1.82, 2.24) is 25.4 Å². The molecule has 0 spiro atoms. The zero-order valence-corrected chi connectivity index (χ0v) is 12.1. The Labute approximate surface area is 123 Å². The van der Waals surface area contributed by atoms with Crippen LogP contribution in [0.3, 0.4) is 0 Å². The number of imidazole rings is 1. The maximum absolute atomic E-state index is 11.4. The molecule has 0 radical (unpaired) electrons. The first-order valence-corrected chi connectivity index (χ1v) is 7.16. The maximum atomic E-state index is 11.4. The van der Waals surface area contributed by atoms with Crippen LogP contribution in [0.15, 0.2) is 24.9 Å². The van der Waals surface area contributed by atoms with Gasteiger partial charge in [-0.05, 0) is 31.9 Å². The zero-order valence-electron chi connectivity index (χ0n) is 12.1. The molecule has 3 rings (SSSR count). The third-order valence-corrected chi connectivity index (χ3v) is 3.81. The molecular weight excluding hydrogens is 266 g/mol. The van der Waals surface area contributed by atoms with E-state index in [-0.39, 0.29) is 11.8 Å². The van der Waals surface area contributed by atoms with E-state index >= 15 is 0 Å². The average molecular weight is 285 g/mol. The Bertz CT molecular complexity index is 678. The molecule has 1 fully saturated rings. The number of aryl methyl sites for hydroxylation is 1. The number of carbonyl (C=O) groups excluding carboxylic acids is 1. The average Bonchev–Trinajstić information content (AvgIpc) is 2.87. The summed E-state index contributed by atoms with van der Waals surface area (Å²) in [5, 5.41) is 1.94. The van der Waals surface area contributed by atoms with Gasteiger partial charge in [-0.15, -0.1) is 0 Å². The molecule has 1 amide bonds. The number of aromatic nitrogens is 3. The number of fused-ring (bicyclic) bond motifs is 1. The molecule has 6 nitrogen and oxygen atoms in total. The number of hydrogen-bond acceptors (Lipinski definition) is 4. The highest BCUT2D eigenvalue weighted by atomic mass is 16.2. The first-order valence-electron chi connectivity index (χ1n) is 7.16. The van der Waals surface area contributed by atoms with Gasteiger partial charge in [0.1, 0.15) is 11.3 Å². The van der Waals surface area contributed by atoms with Gasteiger partial charge in [0.2, 0.25) is 0 Å². The lowest BCUT2D eigenvalue weighted by Crippen LogP contribution is -2.46. The van der Waals surface area contributed by atoms with Gasteiger partial charge in [0.15, 0.2) is 0 Å². The van der Waals surface area contributed by atoms with Gasteiger partial charge in [-0.2, -0.15) is 0 Å². The molecule has 2 N–H and O–H groups in total. The first kappa shape index (κ1) is 13.8. The molecule has 1 aliphatic rings. The molecule has 2 aromatic heterocycles. The Morgan fingerprint density at radius 3 is 3.29 bits per heavy atom. The third-order valence-electron chi connectivity index (χ3n) is 3.81. The van der Waals surface area contributed by atoms with E-state index in [4.69, 9.17) is 0 Å². The zero-order chi connectivity index (χ0) is 14.8. The smallest absolute Gasteiger partial charge is 0.257 e. The molecule has 110 valence electrons. The first-order chi connectivity index (χ1) is 10.2. The second-order valence-electron chi connectivity index (χ2n) is 5.38. The Morgan fingerprint density at radius 1 is 1.62 bits per heavy atom. The molecule has 0 bridgehead atoms. The minimum absolute atomic E-state index is 0.169. The van der Waals surface area contributed by atoms with Crippen LogP contribution >= 0.6 is 0 Å². The summed E-state index contributed by atoms with van der Waals surface area (Å²) in [6.45, 7) is 7.03. The molecule has 1 atom stereocenters. The molecule has 1 saturated heterocycles. The molecule has 3 heterocycles. The highest BCUT2D eigenvalue weighted by Gasteiger charge is 2.25. The van der Waals surface area contributed by atoms with Crippen molar-refractivity contribution >= 4 is 16.9 Å². The van der Waals surface area contributed by atoms with Gasteiger partial charge >= 0.3 is 0 Å². The van der Waals surface area contributed by atoms with Crippen LogP contribution in [0.2, 0.25) is 0 Å². The Hall–Kier alpha value is -2.21. The summed E-state index contributed by atoms with van der Waals surface area (Å²) in [7, 11) is 0. The second-order valence-corrected chi connectivity index (χ2v) is 5.38.